The molecule has 0 aromatic carbocycles. The predicted octanol–water partition coefficient (Wildman–Crippen LogP) is 4.86. The van der Waals surface area contributed by atoms with E-state index in [4.69, 9.17) is 0 Å². The van der Waals surface area contributed by atoms with Crippen molar-refractivity contribution in [3.63, 3.8) is 0 Å². The predicted molar refractivity (Wildman–Crippen MR) is 81.8 cm³/mol. The molecule has 1 fully saturated rings. The quantitative estimate of drug-likeness (QED) is 0.609. The van der Waals surface area contributed by atoms with Crippen LogP contribution < -0.4 is 5.32 Å². The molecule has 108 valence electrons. The summed E-state index contributed by atoms with van der Waals surface area (Å²) in [6.45, 7) is 11.9. The van der Waals surface area contributed by atoms with Crippen LogP contribution in [-0.2, 0) is 0 Å². The second-order valence-corrected chi connectivity index (χ2v) is 6.98. The van der Waals surface area contributed by atoms with Gasteiger partial charge in [0.25, 0.3) is 0 Å². The summed E-state index contributed by atoms with van der Waals surface area (Å²) in [5.74, 6) is 3.74. The third kappa shape index (κ3) is 6.22. The summed E-state index contributed by atoms with van der Waals surface area (Å²) >= 11 is 0. The van der Waals surface area contributed by atoms with E-state index in [2.05, 4.69) is 33.0 Å². The lowest BCUT2D eigenvalue weighted by Gasteiger charge is -2.34. The van der Waals surface area contributed by atoms with Crippen molar-refractivity contribution in [1.29, 1.82) is 0 Å². The van der Waals surface area contributed by atoms with Gasteiger partial charge in [0.1, 0.15) is 0 Å². The van der Waals surface area contributed by atoms with E-state index in [0.717, 1.165) is 23.7 Å². The van der Waals surface area contributed by atoms with E-state index in [0.29, 0.717) is 0 Å². The highest BCUT2D eigenvalue weighted by atomic mass is 14.9. The maximum absolute atomic E-state index is 3.65. The lowest BCUT2D eigenvalue weighted by atomic mass is 9.74. The van der Waals surface area contributed by atoms with E-state index in [9.17, 15) is 0 Å². The Labute approximate surface area is 115 Å². The summed E-state index contributed by atoms with van der Waals surface area (Å²) in [6.07, 6.45) is 10.0. The van der Waals surface area contributed by atoms with Gasteiger partial charge in [0, 0.05) is 0 Å². The lowest BCUT2D eigenvalue weighted by Crippen LogP contribution is -2.32. The van der Waals surface area contributed by atoms with Crippen molar-refractivity contribution in [3.8, 4) is 0 Å². The van der Waals surface area contributed by atoms with Gasteiger partial charge in [-0.3, -0.25) is 0 Å². The molecule has 0 aromatic rings. The smallest absolute Gasteiger partial charge is 0.00179 e. The van der Waals surface area contributed by atoms with Gasteiger partial charge in [0.15, 0.2) is 0 Å². The minimum Gasteiger partial charge on any atom is -0.316 e. The molecule has 1 saturated carbocycles. The normalized spacial score (nSPS) is 26.5. The van der Waals surface area contributed by atoms with Gasteiger partial charge in [-0.2, -0.15) is 0 Å². The van der Waals surface area contributed by atoms with Crippen LogP contribution in [-0.4, -0.2) is 13.1 Å². The van der Waals surface area contributed by atoms with Crippen LogP contribution in [0.25, 0.3) is 0 Å². The van der Waals surface area contributed by atoms with Crippen LogP contribution in [0, 0.1) is 23.7 Å². The van der Waals surface area contributed by atoms with Crippen molar-refractivity contribution >= 4 is 0 Å². The number of hydrogen-bond donors (Lipinski definition) is 1. The first-order valence-electron chi connectivity index (χ1n) is 8.34. The minimum atomic E-state index is 0.861. The van der Waals surface area contributed by atoms with Crippen LogP contribution >= 0.6 is 0 Å². The van der Waals surface area contributed by atoms with Gasteiger partial charge in [-0.25, -0.2) is 0 Å². The van der Waals surface area contributed by atoms with Crippen LogP contribution in [0.5, 0.6) is 0 Å². The van der Waals surface area contributed by atoms with Crippen molar-refractivity contribution in [2.45, 2.75) is 72.6 Å². The zero-order valence-corrected chi connectivity index (χ0v) is 13.2. The van der Waals surface area contributed by atoms with Crippen LogP contribution in [0.1, 0.15) is 72.6 Å². The van der Waals surface area contributed by atoms with Crippen LogP contribution in [0.2, 0.25) is 0 Å². The number of nitrogens with one attached hydrogen (secondary N) is 1. The maximum atomic E-state index is 3.65. The third-order valence-corrected chi connectivity index (χ3v) is 4.48. The summed E-state index contributed by atoms with van der Waals surface area (Å²) in [4.78, 5) is 0. The lowest BCUT2D eigenvalue weighted by molar-refractivity contribution is 0.187. The molecule has 1 aliphatic carbocycles. The summed E-state index contributed by atoms with van der Waals surface area (Å²) in [6, 6.07) is 0. The van der Waals surface area contributed by atoms with E-state index >= 15 is 0 Å². The molecule has 3 atom stereocenters. The highest BCUT2D eigenvalue weighted by molar-refractivity contribution is 4.78. The monoisotopic (exact) mass is 253 g/mol. The van der Waals surface area contributed by atoms with Gasteiger partial charge in [0.2, 0.25) is 0 Å². The van der Waals surface area contributed by atoms with Crippen molar-refractivity contribution in [2.24, 2.45) is 23.7 Å². The van der Waals surface area contributed by atoms with E-state index in [1.807, 2.05) is 0 Å². The molecule has 3 unspecified atom stereocenters. The summed E-state index contributed by atoms with van der Waals surface area (Å²) in [7, 11) is 0. The molecule has 1 N–H and O–H groups in total. The van der Waals surface area contributed by atoms with Gasteiger partial charge in [-0.1, -0.05) is 47.0 Å². The summed E-state index contributed by atoms with van der Waals surface area (Å²) < 4.78 is 0. The Hall–Kier alpha value is -0.0400. The van der Waals surface area contributed by atoms with Crippen LogP contribution in [0.3, 0.4) is 0 Å². The second kappa shape index (κ2) is 8.96. The van der Waals surface area contributed by atoms with Gasteiger partial charge in [-0.05, 0) is 62.4 Å². The van der Waals surface area contributed by atoms with E-state index in [1.165, 1.54) is 58.0 Å². The highest BCUT2D eigenvalue weighted by Crippen LogP contribution is 2.35. The SMILES string of the molecule is CCCNCC1CCCCC1CC(C)CC(C)C. The highest BCUT2D eigenvalue weighted by Gasteiger charge is 2.26. The summed E-state index contributed by atoms with van der Waals surface area (Å²) in [5, 5.41) is 3.65. The van der Waals surface area contributed by atoms with Crippen molar-refractivity contribution in [3.05, 3.63) is 0 Å². The molecule has 1 rings (SSSR count). The first kappa shape index (κ1) is 16.0. The topological polar surface area (TPSA) is 12.0 Å². The Bertz CT molecular complexity index is 200. The number of hydrogen-bond acceptors (Lipinski definition) is 1. The van der Waals surface area contributed by atoms with E-state index in [1.54, 1.807) is 0 Å². The first-order chi connectivity index (χ1) is 8.63. The molecule has 18 heavy (non-hydrogen) atoms. The standard InChI is InChI=1S/C17H35N/c1-5-10-18-13-17-9-7-6-8-16(17)12-15(4)11-14(2)3/h14-18H,5-13H2,1-4H3. The Kier molecular flexibility index (Phi) is 7.97. The third-order valence-electron chi connectivity index (χ3n) is 4.48. The molecule has 1 aliphatic rings. The zero-order valence-electron chi connectivity index (χ0n) is 13.2. The molecular formula is C17H35N. The van der Waals surface area contributed by atoms with Gasteiger partial charge < -0.3 is 5.32 Å². The van der Waals surface area contributed by atoms with Crippen molar-refractivity contribution < 1.29 is 0 Å². The van der Waals surface area contributed by atoms with Crippen LogP contribution in [0.4, 0.5) is 0 Å². The van der Waals surface area contributed by atoms with Gasteiger partial charge in [-0.15, -0.1) is 0 Å². The molecular weight excluding hydrogens is 218 g/mol. The molecule has 0 radical (unpaired) electrons. The van der Waals surface area contributed by atoms with Crippen LogP contribution in [0.15, 0.2) is 0 Å². The fourth-order valence-electron chi connectivity index (χ4n) is 3.75. The molecule has 0 bridgehead atoms. The molecule has 0 spiro atoms. The van der Waals surface area contributed by atoms with Gasteiger partial charge in [0.05, 0.1) is 0 Å². The largest absolute Gasteiger partial charge is 0.316 e. The van der Waals surface area contributed by atoms with Crippen molar-refractivity contribution in [2.75, 3.05) is 13.1 Å². The first-order valence-corrected chi connectivity index (χ1v) is 8.34. The Morgan fingerprint density at radius 2 is 1.72 bits per heavy atom. The Morgan fingerprint density at radius 3 is 2.33 bits per heavy atom. The maximum Gasteiger partial charge on any atom is -0.00179 e. The molecule has 0 aliphatic heterocycles. The Balaban J connectivity index is 2.33. The zero-order chi connectivity index (χ0) is 13.4. The van der Waals surface area contributed by atoms with Gasteiger partial charge >= 0.3 is 0 Å². The molecule has 1 heteroatoms. The average molecular weight is 253 g/mol. The minimum absolute atomic E-state index is 0.861. The fourth-order valence-corrected chi connectivity index (χ4v) is 3.75. The van der Waals surface area contributed by atoms with Crippen molar-refractivity contribution in [1.82, 2.24) is 5.32 Å². The molecule has 0 heterocycles. The number of rotatable bonds is 8. The fraction of sp³-hybridized carbons (Fsp3) is 1.00. The average Bonchev–Trinajstić information content (AvgIpc) is 2.30. The molecule has 1 nitrogen and oxygen atoms in total. The molecule has 0 amide bonds. The van der Waals surface area contributed by atoms with E-state index < -0.39 is 0 Å². The molecule has 0 aromatic heterocycles. The molecule has 0 saturated heterocycles. The Morgan fingerprint density at radius 1 is 1.06 bits per heavy atom. The summed E-state index contributed by atoms with van der Waals surface area (Å²) in [5.41, 5.74) is 0. The van der Waals surface area contributed by atoms with E-state index in [-0.39, 0.29) is 0 Å². The second-order valence-electron chi connectivity index (χ2n) is 6.98.